The van der Waals surface area contributed by atoms with Gasteiger partial charge in [0.25, 0.3) is 0 Å². The molecule has 6 heteroatoms. The second-order valence-corrected chi connectivity index (χ2v) is 3.79. The van der Waals surface area contributed by atoms with Gasteiger partial charge < -0.3 is 5.11 Å². The Hall–Kier alpha value is 1.18. The van der Waals surface area contributed by atoms with Crippen LogP contribution in [0, 0.1) is 0 Å². The summed E-state index contributed by atoms with van der Waals surface area (Å²) in [5.74, 6) is 0. The van der Waals surface area contributed by atoms with Crippen LogP contribution in [-0.4, -0.2) is 33.9 Å². The molecule has 2 radical (unpaired) electrons. The van der Waals surface area contributed by atoms with Crippen LogP contribution in [-0.2, 0) is 25.3 Å². The third-order valence-electron chi connectivity index (χ3n) is 1.50. The van der Waals surface area contributed by atoms with E-state index in [0.29, 0.717) is 0 Å². The Balaban J connectivity index is -0.000000209. The van der Waals surface area contributed by atoms with E-state index in [-0.39, 0.29) is 33.9 Å². The van der Waals surface area contributed by atoms with Crippen molar-refractivity contribution in [1.29, 1.82) is 0 Å². The summed E-state index contributed by atoms with van der Waals surface area (Å²) in [5, 5.41) is 9.96. The van der Waals surface area contributed by atoms with Crippen LogP contribution in [0.15, 0.2) is 0 Å². The third-order valence-corrected chi connectivity index (χ3v) is 1.50. The van der Waals surface area contributed by atoms with Crippen LogP contribution in [0.1, 0.15) is 45.4 Å². The minimum atomic E-state index is -4.20. The van der Waals surface area contributed by atoms with Crippen molar-refractivity contribution in [2.45, 2.75) is 45.4 Å². The standard InChI is InChI=1S/C8H17O.Nb.3O.Pb/c1-2-3-4-5-6-7-8-9;;;;;/h2-8H2,1H3;;;;;/q-1;;;;-1;+2. The normalized spacial score (nSPS) is 8.21. The average molecular weight is 477 g/mol. The summed E-state index contributed by atoms with van der Waals surface area (Å²) in [4.78, 5) is 0. The van der Waals surface area contributed by atoms with Crippen molar-refractivity contribution in [1.82, 2.24) is 0 Å². The van der Waals surface area contributed by atoms with E-state index in [1.54, 1.807) is 0 Å². The van der Waals surface area contributed by atoms with Crippen molar-refractivity contribution in [2.24, 2.45) is 0 Å². The Morgan fingerprint density at radius 1 is 1.00 bits per heavy atom. The molecule has 0 rings (SSSR count). The molecule has 0 aromatic heterocycles. The molecule has 0 N–H and O–H groups in total. The zero-order chi connectivity index (χ0) is 10.5. The van der Waals surface area contributed by atoms with Gasteiger partial charge in [0, 0.05) is 0 Å². The first-order chi connectivity index (χ1) is 6.15. The van der Waals surface area contributed by atoms with Gasteiger partial charge in [-0.25, -0.2) is 0 Å². The summed E-state index contributed by atoms with van der Waals surface area (Å²) < 4.78 is 25.8. The Labute approximate surface area is 113 Å². The van der Waals surface area contributed by atoms with E-state index in [0.717, 1.165) is 12.8 Å². The molecular formula is C8H17NbO4Pb. The first-order valence-corrected chi connectivity index (χ1v) is 7.24. The van der Waals surface area contributed by atoms with Crippen molar-refractivity contribution in [3.8, 4) is 0 Å². The van der Waals surface area contributed by atoms with Gasteiger partial charge in [0.05, 0.1) is 0 Å². The van der Waals surface area contributed by atoms with Gasteiger partial charge in [-0.2, -0.15) is 0 Å². The Morgan fingerprint density at radius 2 is 1.36 bits per heavy atom. The van der Waals surface area contributed by atoms with E-state index < -0.39 is 18.8 Å². The maximum absolute atomic E-state index is 9.96. The second-order valence-electron chi connectivity index (χ2n) is 2.70. The molecule has 82 valence electrons. The second kappa shape index (κ2) is 19.7. The van der Waals surface area contributed by atoms with Crippen LogP contribution in [0.3, 0.4) is 0 Å². The molecule has 0 amide bonds. The van der Waals surface area contributed by atoms with Crippen LogP contribution in [0.2, 0.25) is 0 Å². The van der Waals surface area contributed by atoms with Gasteiger partial charge >= 0.3 is 56.2 Å². The van der Waals surface area contributed by atoms with Crippen molar-refractivity contribution in [2.75, 3.05) is 6.61 Å². The Morgan fingerprint density at radius 3 is 1.71 bits per heavy atom. The van der Waals surface area contributed by atoms with Crippen LogP contribution < -0.4 is 8.72 Å². The largest absolute Gasteiger partial charge is 2.00 e. The minimum Gasteiger partial charge on any atom is 2.00 e. The monoisotopic (exact) mass is 478 g/mol. The fourth-order valence-electron chi connectivity index (χ4n) is 0.882. The van der Waals surface area contributed by atoms with Crippen LogP contribution in [0.25, 0.3) is 0 Å². The molecule has 4 nitrogen and oxygen atoms in total. The van der Waals surface area contributed by atoms with Gasteiger partial charge in [0.1, 0.15) is 0 Å². The van der Waals surface area contributed by atoms with Gasteiger partial charge in [-0.3, -0.25) is 0 Å². The molecule has 0 aliphatic carbocycles. The van der Waals surface area contributed by atoms with Crippen molar-refractivity contribution >= 4 is 27.3 Å². The molecule has 0 heterocycles. The minimum absolute atomic E-state index is 0. The fourth-order valence-corrected chi connectivity index (χ4v) is 0.882. The topological polar surface area (TPSA) is 80.3 Å². The Bertz CT molecular complexity index is 136. The molecule has 0 aliphatic heterocycles. The number of unbranched alkanes of at least 4 members (excludes halogenated alkanes) is 5. The zero-order valence-electron chi connectivity index (χ0n) is 8.53. The smallest absolute Gasteiger partial charge is 2.00 e. The molecule has 0 saturated heterocycles. The molecule has 0 saturated carbocycles. The first-order valence-electron chi connectivity index (χ1n) is 4.54. The zero-order valence-corrected chi connectivity index (χ0v) is 14.6. The Kier molecular flexibility index (Phi) is 29.0. The van der Waals surface area contributed by atoms with Crippen LogP contribution in [0.5, 0.6) is 0 Å². The predicted octanol–water partition coefficient (Wildman–Crippen LogP) is -0.103. The summed E-state index contributed by atoms with van der Waals surface area (Å²) in [5.41, 5.74) is 0. The van der Waals surface area contributed by atoms with Crippen molar-refractivity contribution < 1.29 is 34.0 Å². The van der Waals surface area contributed by atoms with Crippen LogP contribution in [0.4, 0.5) is 0 Å². The van der Waals surface area contributed by atoms with Gasteiger partial charge in [0.15, 0.2) is 0 Å². The van der Waals surface area contributed by atoms with Crippen molar-refractivity contribution in [3.05, 3.63) is 0 Å². The molecule has 14 heavy (non-hydrogen) atoms. The van der Waals surface area contributed by atoms with E-state index >= 15 is 0 Å². The van der Waals surface area contributed by atoms with E-state index in [1.165, 1.54) is 25.7 Å². The first kappa shape index (κ1) is 20.6. The predicted molar refractivity (Wildman–Crippen MR) is 45.4 cm³/mol. The molecule has 0 unspecified atom stereocenters. The van der Waals surface area contributed by atoms with Gasteiger partial charge in [-0.15, -0.1) is 6.61 Å². The van der Waals surface area contributed by atoms with E-state index in [2.05, 4.69) is 6.92 Å². The van der Waals surface area contributed by atoms with Gasteiger partial charge in [0.2, 0.25) is 0 Å². The molecule has 0 fully saturated rings. The molecule has 0 atom stereocenters. The third kappa shape index (κ3) is 37.9. The summed E-state index contributed by atoms with van der Waals surface area (Å²) in [6.07, 6.45) is 7.22. The molecule has 0 aromatic rings. The summed E-state index contributed by atoms with van der Waals surface area (Å²) in [7, 11) is 0. The average Bonchev–Trinajstić information content (AvgIpc) is 2.03. The van der Waals surface area contributed by atoms with E-state index in [4.69, 9.17) is 10.1 Å². The molecule has 0 bridgehead atoms. The van der Waals surface area contributed by atoms with Gasteiger partial charge in [-0.1, -0.05) is 45.4 Å². The van der Waals surface area contributed by atoms with Crippen LogP contribution >= 0.6 is 0 Å². The number of hydrogen-bond acceptors (Lipinski definition) is 4. The molecular weight excluding hydrogens is 460 g/mol. The van der Waals surface area contributed by atoms with Gasteiger partial charge in [-0.05, 0) is 0 Å². The molecule has 0 spiro atoms. The van der Waals surface area contributed by atoms with E-state index in [1.807, 2.05) is 0 Å². The van der Waals surface area contributed by atoms with Crippen molar-refractivity contribution in [3.63, 3.8) is 0 Å². The maximum Gasteiger partial charge on any atom is 2.00 e. The summed E-state index contributed by atoms with van der Waals surface area (Å²) in [6.45, 7) is 2.32. The quantitative estimate of drug-likeness (QED) is 0.396. The summed E-state index contributed by atoms with van der Waals surface area (Å²) in [6, 6.07) is 0. The number of rotatable bonds is 6. The van der Waals surface area contributed by atoms with E-state index in [9.17, 15) is 5.11 Å². The molecule has 0 aliphatic rings. The number of hydrogen-bond donors (Lipinski definition) is 0. The SMILES string of the molecule is CCCCCCCC[O-].[O]=[Nb](=[O])[O-].[Pb+2]. The summed E-state index contributed by atoms with van der Waals surface area (Å²) >= 11 is -4.20. The molecule has 0 aromatic carbocycles. The fraction of sp³-hybridized carbons (Fsp3) is 1.00. The maximum atomic E-state index is 9.96.